The summed E-state index contributed by atoms with van der Waals surface area (Å²) >= 11 is 5.73. The predicted molar refractivity (Wildman–Crippen MR) is 60.8 cm³/mol. The third-order valence-electron chi connectivity index (χ3n) is 2.04. The van der Waals surface area contributed by atoms with Crippen LogP contribution in [0, 0.1) is 0 Å². The van der Waals surface area contributed by atoms with Gasteiger partial charge in [-0.05, 0) is 12.1 Å². The zero-order chi connectivity index (χ0) is 12.2. The first kappa shape index (κ1) is 13.4. The number of aliphatic hydroxyl groups is 1. The van der Waals surface area contributed by atoms with Crippen LogP contribution in [0.1, 0.15) is 6.92 Å². The van der Waals surface area contributed by atoms with Crippen LogP contribution in [-0.2, 0) is 10.0 Å². The van der Waals surface area contributed by atoms with E-state index in [1.807, 2.05) is 0 Å². The fourth-order valence-electron chi connectivity index (χ4n) is 1.26. The van der Waals surface area contributed by atoms with Crippen LogP contribution in [0.15, 0.2) is 23.2 Å². The van der Waals surface area contributed by atoms with Gasteiger partial charge in [-0.2, -0.15) is 4.31 Å². The Balaban J connectivity index is 3.15. The van der Waals surface area contributed by atoms with Gasteiger partial charge in [0.15, 0.2) is 0 Å². The molecular weight excluding hydrogens is 252 g/mol. The second-order valence-corrected chi connectivity index (χ2v) is 5.28. The van der Waals surface area contributed by atoms with E-state index in [1.54, 1.807) is 6.92 Å². The molecule has 1 aromatic rings. The molecule has 0 aliphatic carbocycles. The van der Waals surface area contributed by atoms with Crippen molar-refractivity contribution in [3.63, 3.8) is 0 Å². The van der Waals surface area contributed by atoms with Crippen LogP contribution < -0.4 is 0 Å². The minimum atomic E-state index is -3.67. The Hall–Kier alpha value is -0.690. The Morgan fingerprint density at radius 2 is 2.25 bits per heavy atom. The molecule has 5 nitrogen and oxygen atoms in total. The molecule has 0 atom stereocenters. The SMILES string of the molecule is CCN(CCO)S(=O)(=O)c1cccnc1Cl. The number of aliphatic hydroxyl groups excluding tert-OH is 1. The summed E-state index contributed by atoms with van der Waals surface area (Å²) in [6, 6.07) is 2.90. The number of sulfonamides is 1. The van der Waals surface area contributed by atoms with Crippen LogP contribution >= 0.6 is 11.6 Å². The van der Waals surface area contributed by atoms with E-state index in [9.17, 15) is 8.42 Å². The molecule has 1 rings (SSSR count). The van der Waals surface area contributed by atoms with Crippen molar-refractivity contribution in [3.8, 4) is 0 Å². The molecule has 16 heavy (non-hydrogen) atoms. The number of likely N-dealkylation sites (N-methyl/N-ethyl adjacent to an activating group) is 1. The van der Waals surface area contributed by atoms with Crippen molar-refractivity contribution in [2.24, 2.45) is 0 Å². The number of hydrogen-bond acceptors (Lipinski definition) is 4. The first-order valence-electron chi connectivity index (χ1n) is 4.75. The van der Waals surface area contributed by atoms with Gasteiger partial charge in [-0.15, -0.1) is 0 Å². The molecule has 1 aromatic heterocycles. The highest BCUT2D eigenvalue weighted by atomic mass is 35.5. The molecule has 0 spiro atoms. The van der Waals surface area contributed by atoms with Crippen molar-refractivity contribution in [3.05, 3.63) is 23.5 Å². The van der Waals surface area contributed by atoms with Gasteiger partial charge in [0.25, 0.3) is 0 Å². The Morgan fingerprint density at radius 3 is 2.75 bits per heavy atom. The minimum Gasteiger partial charge on any atom is -0.395 e. The van der Waals surface area contributed by atoms with Crippen LogP contribution in [0.2, 0.25) is 5.15 Å². The van der Waals surface area contributed by atoms with Crippen LogP contribution in [0.4, 0.5) is 0 Å². The molecule has 1 N–H and O–H groups in total. The van der Waals surface area contributed by atoms with Gasteiger partial charge in [-0.3, -0.25) is 0 Å². The zero-order valence-corrected chi connectivity index (χ0v) is 10.4. The van der Waals surface area contributed by atoms with Gasteiger partial charge in [0.2, 0.25) is 10.0 Å². The molecule has 90 valence electrons. The number of hydrogen-bond donors (Lipinski definition) is 1. The van der Waals surface area contributed by atoms with Gasteiger partial charge in [0.05, 0.1) is 6.61 Å². The van der Waals surface area contributed by atoms with Gasteiger partial charge < -0.3 is 5.11 Å². The quantitative estimate of drug-likeness (QED) is 0.797. The molecule has 0 unspecified atom stereocenters. The van der Waals surface area contributed by atoms with E-state index in [4.69, 9.17) is 16.7 Å². The smallest absolute Gasteiger partial charge is 0.246 e. The molecule has 0 aliphatic heterocycles. The standard InChI is InChI=1S/C9H13ClN2O3S/c1-2-12(6-7-13)16(14,15)8-4-3-5-11-9(8)10/h3-5,13H,2,6-7H2,1H3. The number of aromatic nitrogens is 1. The first-order valence-corrected chi connectivity index (χ1v) is 6.57. The summed E-state index contributed by atoms with van der Waals surface area (Å²) in [5, 5.41) is 8.74. The number of nitrogens with zero attached hydrogens (tertiary/aromatic N) is 2. The lowest BCUT2D eigenvalue weighted by molar-refractivity contribution is 0.257. The summed E-state index contributed by atoms with van der Waals surface area (Å²) in [6.45, 7) is 1.78. The van der Waals surface area contributed by atoms with Crippen LogP contribution in [0.25, 0.3) is 0 Å². The molecule has 0 radical (unpaired) electrons. The largest absolute Gasteiger partial charge is 0.395 e. The van der Waals surface area contributed by atoms with E-state index >= 15 is 0 Å². The zero-order valence-electron chi connectivity index (χ0n) is 8.80. The summed E-state index contributed by atoms with van der Waals surface area (Å²) in [5.41, 5.74) is 0. The third kappa shape index (κ3) is 2.70. The third-order valence-corrected chi connectivity index (χ3v) is 4.46. The number of pyridine rings is 1. The van der Waals surface area contributed by atoms with Crippen molar-refractivity contribution in [1.82, 2.24) is 9.29 Å². The molecule has 0 fully saturated rings. The molecule has 7 heteroatoms. The topological polar surface area (TPSA) is 70.5 Å². The van der Waals surface area contributed by atoms with E-state index in [0.29, 0.717) is 0 Å². The van der Waals surface area contributed by atoms with Gasteiger partial charge in [0.1, 0.15) is 10.0 Å². The van der Waals surface area contributed by atoms with E-state index in [0.717, 1.165) is 4.31 Å². The number of halogens is 1. The molecule has 0 aliphatic rings. The second kappa shape index (κ2) is 5.58. The molecular formula is C9H13ClN2O3S. The van der Waals surface area contributed by atoms with Gasteiger partial charge in [0, 0.05) is 19.3 Å². The van der Waals surface area contributed by atoms with E-state index in [2.05, 4.69) is 4.98 Å². The monoisotopic (exact) mass is 264 g/mol. The molecule has 0 bridgehead atoms. The van der Waals surface area contributed by atoms with Gasteiger partial charge in [-0.25, -0.2) is 13.4 Å². The Labute approximate surface area is 99.7 Å². The highest BCUT2D eigenvalue weighted by Gasteiger charge is 2.25. The first-order chi connectivity index (χ1) is 7.54. The lowest BCUT2D eigenvalue weighted by Crippen LogP contribution is -2.33. The van der Waals surface area contributed by atoms with Crippen LogP contribution in [0.5, 0.6) is 0 Å². The summed E-state index contributed by atoms with van der Waals surface area (Å²) < 4.78 is 25.3. The van der Waals surface area contributed by atoms with Crippen molar-refractivity contribution >= 4 is 21.6 Å². The fourth-order valence-corrected chi connectivity index (χ4v) is 3.13. The predicted octanol–water partition coefficient (Wildman–Crippen LogP) is 0.738. The average Bonchev–Trinajstić information content (AvgIpc) is 2.26. The number of rotatable bonds is 5. The highest BCUT2D eigenvalue weighted by Crippen LogP contribution is 2.21. The van der Waals surface area contributed by atoms with Gasteiger partial charge in [-0.1, -0.05) is 18.5 Å². The summed E-state index contributed by atoms with van der Waals surface area (Å²) in [4.78, 5) is 3.68. The summed E-state index contributed by atoms with van der Waals surface area (Å²) in [6.07, 6.45) is 1.42. The maximum Gasteiger partial charge on any atom is 0.246 e. The van der Waals surface area contributed by atoms with Crippen molar-refractivity contribution < 1.29 is 13.5 Å². The molecule has 0 aromatic carbocycles. The molecule has 0 amide bonds. The van der Waals surface area contributed by atoms with Crippen LogP contribution in [-0.4, -0.2) is 42.5 Å². The molecule has 0 saturated carbocycles. The van der Waals surface area contributed by atoms with E-state index in [-0.39, 0.29) is 29.7 Å². The van der Waals surface area contributed by atoms with Crippen molar-refractivity contribution in [2.45, 2.75) is 11.8 Å². The summed E-state index contributed by atoms with van der Waals surface area (Å²) in [7, 11) is -3.67. The second-order valence-electron chi connectivity index (χ2n) is 3.01. The normalized spacial score (nSPS) is 12.0. The van der Waals surface area contributed by atoms with Crippen molar-refractivity contribution in [1.29, 1.82) is 0 Å². The molecule has 1 heterocycles. The average molecular weight is 265 g/mol. The Kier molecular flexibility index (Phi) is 4.67. The van der Waals surface area contributed by atoms with Crippen LogP contribution in [0.3, 0.4) is 0 Å². The maximum atomic E-state index is 12.1. The Bertz CT molecular complexity index is 450. The minimum absolute atomic E-state index is 0.0352. The maximum absolute atomic E-state index is 12.1. The van der Waals surface area contributed by atoms with Crippen molar-refractivity contribution in [2.75, 3.05) is 19.7 Å². The lowest BCUT2D eigenvalue weighted by atomic mass is 10.5. The fraction of sp³-hybridized carbons (Fsp3) is 0.444. The lowest BCUT2D eigenvalue weighted by Gasteiger charge is -2.19. The van der Waals surface area contributed by atoms with Gasteiger partial charge >= 0.3 is 0 Å². The Morgan fingerprint density at radius 1 is 1.56 bits per heavy atom. The molecule has 0 saturated heterocycles. The van der Waals surface area contributed by atoms with E-state index in [1.165, 1.54) is 18.3 Å². The van der Waals surface area contributed by atoms with E-state index < -0.39 is 10.0 Å². The summed E-state index contributed by atoms with van der Waals surface area (Å²) in [5.74, 6) is 0. The highest BCUT2D eigenvalue weighted by molar-refractivity contribution is 7.89.